The molecule has 0 aliphatic rings. The third-order valence-corrected chi connectivity index (χ3v) is 2.91. The molecule has 0 aromatic carbocycles. The lowest BCUT2D eigenvalue weighted by Crippen LogP contribution is -2.22. The molecule has 2 rings (SSSR count). The van der Waals surface area contributed by atoms with Gasteiger partial charge in [0.15, 0.2) is 5.82 Å². The summed E-state index contributed by atoms with van der Waals surface area (Å²) in [6.07, 6.45) is 1.06. The SMILES string of the molecule is COCCc1noc(CCn2c(C)cc(O)cc2=O)n1. The van der Waals surface area contributed by atoms with Gasteiger partial charge in [-0.2, -0.15) is 4.98 Å². The molecule has 7 nitrogen and oxygen atoms in total. The van der Waals surface area contributed by atoms with Crippen LogP contribution >= 0.6 is 0 Å². The van der Waals surface area contributed by atoms with Crippen molar-refractivity contribution >= 4 is 0 Å². The summed E-state index contributed by atoms with van der Waals surface area (Å²) in [5, 5.41) is 13.2. The van der Waals surface area contributed by atoms with Crippen molar-refractivity contribution in [3.05, 3.63) is 39.9 Å². The van der Waals surface area contributed by atoms with Gasteiger partial charge >= 0.3 is 0 Å². The second-order valence-corrected chi connectivity index (χ2v) is 4.44. The molecule has 0 bridgehead atoms. The van der Waals surface area contributed by atoms with Crippen molar-refractivity contribution in [1.82, 2.24) is 14.7 Å². The van der Waals surface area contributed by atoms with Crippen LogP contribution in [-0.2, 0) is 24.1 Å². The van der Waals surface area contributed by atoms with Gasteiger partial charge in [-0.1, -0.05) is 5.16 Å². The highest BCUT2D eigenvalue weighted by atomic mass is 16.5. The van der Waals surface area contributed by atoms with Gasteiger partial charge in [0, 0.05) is 38.3 Å². The van der Waals surface area contributed by atoms with Crippen molar-refractivity contribution in [2.45, 2.75) is 26.3 Å². The molecule has 20 heavy (non-hydrogen) atoms. The first kappa shape index (κ1) is 14.3. The summed E-state index contributed by atoms with van der Waals surface area (Å²) in [4.78, 5) is 16.0. The first-order valence-electron chi connectivity index (χ1n) is 6.31. The first-order chi connectivity index (χ1) is 9.60. The molecule has 108 valence electrons. The topological polar surface area (TPSA) is 90.4 Å². The van der Waals surface area contributed by atoms with Gasteiger partial charge in [-0.05, 0) is 13.0 Å². The number of aromatic hydroxyl groups is 1. The van der Waals surface area contributed by atoms with Crippen molar-refractivity contribution in [2.24, 2.45) is 0 Å². The summed E-state index contributed by atoms with van der Waals surface area (Å²) in [7, 11) is 1.61. The summed E-state index contributed by atoms with van der Waals surface area (Å²) < 4.78 is 11.6. The quantitative estimate of drug-likeness (QED) is 0.836. The summed E-state index contributed by atoms with van der Waals surface area (Å²) in [6, 6.07) is 2.73. The molecule has 0 radical (unpaired) electrons. The fourth-order valence-electron chi connectivity index (χ4n) is 1.89. The van der Waals surface area contributed by atoms with E-state index in [4.69, 9.17) is 9.26 Å². The minimum Gasteiger partial charge on any atom is -0.508 e. The van der Waals surface area contributed by atoms with Gasteiger partial charge in [-0.15, -0.1) is 0 Å². The number of rotatable bonds is 6. The van der Waals surface area contributed by atoms with Crippen LogP contribution in [0, 0.1) is 6.92 Å². The van der Waals surface area contributed by atoms with Crippen LogP contribution < -0.4 is 5.56 Å². The number of aromatic nitrogens is 3. The van der Waals surface area contributed by atoms with Crippen molar-refractivity contribution in [3.63, 3.8) is 0 Å². The predicted molar refractivity (Wildman–Crippen MR) is 70.7 cm³/mol. The van der Waals surface area contributed by atoms with Crippen molar-refractivity contribution in [2.75, 3.05) is 13.7 Å². The lowest BCUT2D eigenvalue weighted by molar-refractivity contribution is 0.199. The molecule has 2 aromatic rings. The Morgan fingerprint density at radius 3 is 2.90 bits per heavy atom. The zero-order chi connectivity index (χ0) is 14.5. The molecule has 0 unspecified atom stereocenters. The van der Waals surface area contributed by atoms with Crippen LogP contribution in [0.5, 0.6) is 5.75 Å². The lowest BCUT2D eigenvalue weighted by atomic mass is 10.3. The van der Waals surface area contributed by atoms with Gasteiger partial charge in [-0.3, -0.25) is 4.79 Å². The number of nitrogens with zero attached hydrogens (tertiary/aromatic N) is 3. The number of methoxy groups -OCH3 is 1. The van der Waals surface area contributed by atoms with Crippen LogP contribution in [0.15, 0.2) is 21.5 Å². The molecule has 1 N–H and O–H groups in total. The minimum atomic E-state index is -0.248. The lowest BCUT2D eigenvalue weighted by Gasteiger charge is -2.08. The predicted octanol–water partition coefficient (Wildman–Crippen LogP) is 0.677. The molecular formula is C13H17N3O4. The van der Waals surface area contributed by atoms with E-state index in [0.29, 0.717) is 43.4 Å². The summed E-state index contributed by atoms with van der Waals surface area (Å²) in [6.45, 7) is 2.73. The fraction of sp³-hybridized carbons (Fsp3) is 0.462. The largest absolute Gasteiger partial charge is 0.508 e. The Labute approximate surface area is 115 Å². The van der Waals surface area contributed by atoms with Gasteiger partial charge in [-0.25, -0.2) is 0 Å². The first-order valence-corrected chi connectivity index (χ1v) is 6.31. The third kappa shape index (κ3) is 3.45. The second-order valence-electron chi connectivity index (χ2n) is 4.44. The molecule has 0 saturated heterocycles. The average Bonchev–Trinajstić information content (AvgIpc) is 2.83. The van der Waals surface area contributed by atoms with Crippen LogP contribution in [-0.4, -0.2) is 33.5 Å². The molecule has 2 heterocycles. The van der Waals surface area contributed by atoms with E-state index in [2.05, 4.69) is 10.1 Å². The van der Waals surface area contributed by atoms with Gasteiger partial charge in [0.05, 0.1) is 6.61 Å². The summed E-state index contributed by atoms with van der Waals surface area (Å²) in [5.74, 6) is 1.05. The Morgan fingerprint density at radius 1 is 1.40 bits per heavy atom. The number of hydrogen-bond donors (Lipinski definition) is 1. The monoisotopic (exact) mass is 279 g/mol. The van der Waals surface area contributed by atoms with Gasteiger partial charge in [0.1, 0.15) is 5.75 Å². The Kier molecular flexibility index (Phi) is 4.52. The van der Waals surface area contributed by atoms with Crippen LogP contribution in [0.25, 0.3) is 0 Å². The molecule has 0 fully saturated rings. The number of hydrogen-bond acceptors (Lipinski definition) is 6. The standard InChI is InChI=1S/C13H17N3O4/c1-9-7-10(17)8-13(18)16(9)5-3-12-14-11(15-20-12)4-6-19-2/h7-8,17H,3-6H2,1-2H3. The van der Waals surface area contributed by atoms with Crippen LogP contribution in [0.2, 0.25) is 0 Å². The summed E-state index contributed by atoms with van der Waals surface area (Å²) >= 11 is 0. The highest BCUT2D eigenvalue weighted by Gasteiger charge is 2.08. The van der Waals surface area contributed by atoms with E-state index in [1.54, 1.807) is 24.7 Å². The molecule has 7 heteroatoms. The molecule has 0 atom stereocenters. The maximum absolute atomic E-state index is 11.7. The molecule has 0 aliphatic carbocycles. The Balaban J connectivity index is 2.02. The zero-order valence-corrected chi connectivity index (χ0v) is 11.5. The number of ether oxygens (including phenoxy) is 1. The van der Waals surface area contributed by atoms with Gasteiger partial charge in [0.2, 0.25) is 5.89 Å². The molecule has 0 amide bonds. The van der Waals surface area contributed by atoms with Crippen molar-refractivity contribution in [1.29, 1.82) is 0 Å². The van der Waals surface area contributed by atoms with Crippen molar-refractivity contribution < 1.29 is 14.4 Å². The van der Waals surface area contributed by atoms with Crippen LogP contribution in [0.4, 0.5) is 0 Å². The van der Waals surface area contributed by atoms with E-state index >= 15 is 0 Å². The van der Waals surface area contributed by atoms with E-state index in [9.17, 15) is 9.90 Å². The van der Waals surface area contributed by atoms with E-state index in [1.807, 2.05) is 0 Å². The Bertz CT molecular complexity index is 633. The van der Waals surface area contributed by atoms with Crippen LogP contribution in [0.1, 0.15) is 17.4 Å². The smallest absolute Gasteiger partial charge is 0.254 e. The highest BCUT2D eigenvalue weighted by molar-refractivity contribution is 5.21. The molecule has 0 aliphatic heterocycles. The molecule has 0 spiro atoms. The van der Waals surface area contributed by atoms with E-state index in [0.717, 1.165) is 0 Å². The highest BCUT2D eigenvalue weighted by Crippen LogP contribution is 2.08. The van der Waals surface area contributed by atoms with Gasteiger partial charge in [0.25, 0.3) is 5.56 Å². The maximum Gasteiger partial charge on any atom is 0.254 e. The van der Waals surface area contributed by atoms with Gasteiger partial charge < -0.3 is 18.9 Å². The summed E-state index contributed by atoms with van der Waals surface area (Å²) in [5.41, 5.74) is 0.441. The fourth-order valence-corrected chi connectivity index (χ4v) is 1.89. The number of aryl methyl sites for hydroxylation is 2. The maximum atomic E-state index is 11.7. The molecule has 2 aromatic heterocycles. The van der Waals surface area contributed by atoms with E-state index in [-0.39, 0.29) is 11.3 Å². The van der Waals surface area contributed by atoms with E-state index in [1.165, 1.54) is 6.07 Å². The number of pyridine rings is 1. The minimum absolute atomic E-state index is 0.0246. The van der Waals surface area contributed by atoms with Crippen LogP contribution in [0.3, 0.4) is 0 Å². The van der Waals surface area contributed by atoms with Crippen molar-refractivity contribution in [3.8, 4) is 5.75 Å². The normalized spacial score (nSPS) is 10.9. The molecular weight excluding hydrogens is 262 g/mol. The Hall–Kier alpha value is -2.15. The Morgan fingerprint density at radius 2 is 2.20 bits per heavy atom. The average molecular weight is 279 g/mol. The second kappa shape index (κ2) is 6.33. The third-order valence-electron chi connectivity index (χ3n) is 2.91. The zero-order valence-electron chi connectivity index (χ0n) is 11.5. The molecule has 0 saturated carbocycles. The van der Waals surface area contributed by atoms with E-state index < -0.39 is 0 Å².